The van der Waals surface area contributed by atoms with Crippen LogP contribution < -0.4 is 4.90 Å². The van der Waals surface area contributed by atoms with Gasteiger partial charge in [-0.15, -0.1) is 0 Å². The summed E-state index contributed by atoms with van der Waals surface area (Å²) < 4.78 is 6.10. The van der Waals surface area contributed by atoms with Gasteiger partial charge in [0.05, 0.1) is 5.69 Å². The molecule has 2 amide bonds. The van der Waals surface area contributed by atoms with Crippen LogP contribution in [0.25, 0.3) is 11.3 Å². The van der Waals surface area contributed by atoms with Crippen molar-refractivity contribution in [2.45, 2.75) is 25.8 Å². The molecular weight excluding hydrogens is 402 g/mol. The molecule has 3 saturated heterocycles. The van der Waals surface area contributed by atoms with Gasteiger partial charge in [0, 0.05) is 50.4 Å². The molecule has 6 nitrogen and oxygen atoms in total. The molecule has 3 fully saturated rings. The second-order valence-corrected chi connectivity index (χ2v) is 8.44. The lowest BCUT2D eigenvalue weighted by molar-refractivity contribution is -0.115. The molecule has 0 N–H and O–H groups in total. The van der Waals surface area contributed by atoms with Crippen molar-refractivity contribution in [2.24, 2.45) is 0 Å². The van der Waals surface area contributed by atoms with Crippen LogP contribution in [0.15, 0.2) is 71.1 Å². The number of benzene rings is 2. The van der Waals surface area contributed by atoms with Crippen molar-refractivity contribution >= 4 is 23.2 Å². The number of para-hydroxylation sites is 2. The van der Waals surface area contributed by atoms with E-state index in [-0.39, 0.29) is 17.9 Å². The molecule has 3 aromatic rings. The first-order chi connectivity index (χ1) is 15.6. The Labute approximate surface area is 188 Å². The van der Waals surface area contributed by atoms with Gasteiger partial charge >= 0.3 is 0 Å². The standard InChI is InChI=1S/C26H27N3O3/c1-19(30)29(21-7-3-2-4-8-21)23-10-6-5-9-22(23)24-11-12-25(32-24)26(31)28-18-17-27-15-13-20(28)14-16-27/h2-12,20H,13-18H2,1H3. The van der Waals surface area contributed by atoms with Gasteiger partial charge in [-0.3, -0.25) is 14.5 Å². The largest absolute Gasteiger partial charge is 0.451 e. The van der Waals surface area contributed by atoms with Crippen LogP contribution in [0.5, 0.6) is 0 Å². The summed E-state index contributed by atoms with van der Waals surface area (Å²) >= 11 is 0. The van der Waals surface area contributed by atoms with Crippen molar-refractivity contribution in [3.63, 3.8) is 0 Å². The van der Waals surface area contributed by atoms with Crippen LogP contribution in [0, 0.1) is 0 Å². The molecule has 0 atom stereocenters. The molecule has 3 aliphatic rings. The number of anilines is 2. The van der Waals surface area contributed by atoms with Gasteiger partial charge in [0.25, 0.3) is 5.91 Å². The maximum Gasteiger partial charge on any atom is 0.289 e. The highest BCUT2D eigenvalue weighted by Gasteiger charge is 2.33. The summed E-state index contributed by atoms with van der Waals surface area (Å²) in [6.45, 7) is 5.33. The van der Waals surface area contributed by atoms with Crippen LogP contribution >= 0.6 is 0 Å². The molecule has 6 heteroatoms. The molecule has 0 spiro atoms. The van der Waals surface area contributed by atoms with Crippen LogP contribution in [-0.4, -0.2) is 53.8 Å². The van der Waals surface area contributed by atoms with E-state index in [9.17, 15) is 9.59 Å². The molecule has 0 aliphatic carbocycles. The topological polar surface area (TPSA) is 57.0 Å². The van der Waals surface area contributed by atoms with E-state index in [1.165, 1.54) is 0 Å². The molecule has 0 unspecified atom stereocenters. The predicted molar refractivity (Wildman–Crippen MR) is 124 cm³/mol. The van der Waals surface area contributed by atoms with Gasteiger partial charge in [0.2, 0.25) is 5.91 Å². The Morgan fingerprint density at radius 1 is 0.875 bits per heavy atom. The number of amides is 2. The normalized spacial score (nSPS) is 20.1. The SMILES string of the molecule is CC(=O)N(c1ccccc1)c1ccccc1-c1ccc(C(=O)N2CCN3CCC2CC3)o1. The van der Waals surface area contributed by atoms with E-state index in [0.717, 1.165) is 56.0 Å². The first kappa shape index (κ1) is 20.5. The lowest BCUT2D eigenvalue weighted by Gasteiger charge is -2.30. The number of piperidine rings is 1. The monoisotopic (exact) mass is 429 g/mol. The average molecular weight is 430 g/mol. The predicted octanol–water partition coefficient (Wildman–Crippen LogP) is 4.55. The highest BCUT2D eigenvalue weighted by Crippen LogP contribution is 2.36. The molecule has 164 valence electrons. The fourth-order valence-corrected chi connectivity index (χ4v) is 4.84. The van der Waals surface area contributed by atoms with E-state index < -0.39 is 0 Å². The molecule has 2 aromatic carbocycles. The molecule has 3 aliphatic heterocycles. The van der Waals surface area contributed by atoms with Crippen molar-refractivity contribution in [3.8, 4) is 11.3 Å². The third kappa shape index (κ3) is 3.82. The Hall–Kier alpha value is -3.38. The van der Waals surface area contributed by atoms with Gasteiger partial charge < -0.3 is 14.2 Å². The van der Waals surface area contributed by atoms with Crippen LogP contribution in [0.2, 0.25) is 0 Å². The zero-order chi connectivity index (χ0) is 22.1. The summed E-state index contributed by atoms with van der Waals surface area (Å²) in [6, 6.07) is 21.0. The van der Waals surface area contributed by atoms with Crippen LogP contribution in [0.4, 0.5) is 11.4 Å². The van der Waals surface area contributed by atoms with Crippen LogP contribution in [-0.2, 0) is 4.79 Å². The summed E-state index contributed by atoms with van der Waals surface area (Å²) in [4.78, 5) is 31.9. The quantitative estimate of drug-likeness (QED) is 0.611. The maximum atomic E-state index is 13.3. The number of carbonyl (C=O) groups is 2. The molecule has 0 radical (unpaired) electrons. The van der Waals surface area contributed by atoms with Crippen LogP contribution in [0.3, 0.4) is 0 Å². The van der Waals surface area contributed by atoms with E-state index in [1.807, 2.05) is 65.6 Å². The van der Waals surface area contributed by atoms with Gasteiger partial charge in [0.1, 0.15) is 5.76 Å². The maximum absolute atomic E-state index is 13.3. The summed E-state index contributed by atoms with van der Waals surface area (Å²) in [7, 11) is 0. The smallest absolute Gasteiger partial charge is 0.289 e. The van der Waals surface area contributed by atoms with E-state index in [2.05, 4.69) is 4.90 Å². The lowest BCUT2D eigenvalue weighted by atomic mass is 10.1. The number of rotatable bonds is 4. The van der Waals surface area contributed by atoms with Crippen molar-refractivity contribution in [1.82, 2.24) is 9.80 Å². The number of hydrogen-bond donors (Lipinski definition) is 0. The summed E-state index contributed by atoms with van der Waals surface area (Å²) in [5.41, 5.74) is 2.28. The molecular formula is C26H27N3O3. The third-order valence-corrected chi connectivity index (χ3v) is 6.47. The molecule has 4 heterocycles. The Kier molecular flexibility index (Phi) is 5.53. The number of hydrogen-bond acceptors (Lipinski definition) is 4. The number of nitrogens with zero attached hydrogens (tertiary/aromatic N) is 3. The Morgan fingerprint density at radius 2 is 1.59 bits per heavy atom. The fraction of sp³-hybridized carbons (Fsp3) is 0.308. The Bertz CT molecular complexity index is 1120. The number of carbonyl (C=O) groups excluding carboxylic acids is 2. The van der Waals surface area contributed by atoms with Crippen molar-refractivity contribution < 1.29 is 14.0 Å². The van der Waals surface area contributed by atoms with Gasteiger partial charge in [-0.1, -0.05) is 30.3 Å². The fourth-order valence-electron chi connectivity index (χ4n) is 4.84. The number of furan rings is 1. The van der Waals surface area contributed by atoms with Gasteiger partial charge in [0.15, 0.2) is 5.76 Å². The van der Waals surface area contributed by atoms with E-state index in [4.69, 9.17) is 4.42 Å². The minimum atomic E-state index is -0.0955. The Balaban J connectivity index is 1.47. The molecule has 2 bridgehead atoms. The van der Waals surface area contributed by atoms with E-state index in [1.54, 1.807) is 17.9 Å². The molecule has 6 rings (SSSR count). The summed E-state index contributed by atoms with van der Waals surface area (Å²) in [5.74, 6) is 0.786. The zero-order valence-electron chi connectivity index (χ0n) is 18.2. The first-order valence-electron chi connectivity index (χ1n) is 11.2. The minimum Gasteiger partial charge on any atom is -0.451 e. The second-order valence-electron chi connectivity index (χ2n) is 8.44. The minimum absolute atomic E-state index is 0.0473. The third-order valence-electron chi connectivity index (χ3n) is 6.47. The van der Waals surface area contributed by atoms with Gasteiger partial charge in [-0.25, -0.2) is 0 Å². The average Bonchev–Trinajstić information content (AvgIpc) is 3.12. The van der Waals surface area contributed by atoms with Gasteiger partial charge in [-0.05, 0) is 49.2 Å². The van der Waals surface area contributed by atoms with E-state index in [0.29, 0.717) is 11.5 Å². The Morgan fingerprint density at radius 3 is 2.34 bits per heavy atom. The molecule has 32 heavy (non-hydrogen) atoms. The van der Waals surface area contributed by atoms with Crippen molar-refractivity contribution in [3.05, 3.63) is 72.5 Å². The second kappa shape index (κ2) is 8.63. The van der Waals surface area contributed by atoms with Gasteiger partial charge in [-0.2, -0.15) is 0 Å². The first-order valence-corrected chi connectivity index (χ1v) is 11.2. The highest BCUT2D eigenvalue weighted by molar-refractivity contribution is 6.02. The lowest BCUT2D eigenvalue weighted by Crippen LogP contribution is -2.41. The summed E-state index contributed by atoms with van der Waals surface area (Å²) in [6.07, 6.45) is 2.04. The summed E-state index contributed by atoms with van der Waals surface area (Å²) in [5, 5.41) is 0. The number of fused-ring (bicyclic) bond motifs is 4. The van der Waals surface area contributed by atoms with Crippen LogP contribution in [0.1, 0.15) is 30.3 Å². The molecule has 0 saturated carbocycles. The zero-order valence-corrected chi connectivity index (χ0v) is 18.2. The molecule has 1 aromatic heterocycles. The van der Waals surface area contributed by atoms with Crippen molar-refractivity contribution in [2.75, 3.05) is 31.1 Å². The highest BCUT2D eigenvalue weighted by atomic mass is 16.4. The van der Waals surface area contributed by atoms with Crippen molar-refractivity contribution in [1.29, 1.82) is 0 Å². The van der Waals surface area contributed by atoms with E-state index >= 15 is 0 Å².